The first-order chi connectivity index (χ1) is 11.6. The summed E-state index contributed by atoms with van der Waals surface area (Å²) in [6, 6.07) is 8.06. The van der Waals surface area contributed by atoms with E-state index < -0.39 is 0 Å². The first kappa shape index (κ1) is 17.2. The van der Waals surface area contributed by atoms with Crippen molar-refractivity contribution >= 4 is 5.91 Å². The number of amides is 1. The monoisotopic (exact) mass is 332 g/mol. The Morgan fingerprint density at radius 2 is 2.17 bits per heavy atom. The smallest absolute Gasteiger partial charge is 0.237 e. The number of carbonyl (C=O) groups is 1. The number of aliphatic hydroxyl groups excluding tert-OH is 1. The van der Waals surface area contributed by atoms with Gasteiger partial charge >= 0.3 is 0 Å². The minimum Gasteiger partial charge on any atom is -0.493 e. The number of aliphatic hydroxyl groups is 1. The predicted molar refractivity (Wildman–Crippen MR) is 92.9 cm³/mol. The van der Waals surface area contributed by atoms with Gasteiger partial charge in [-0.3, -0.25) is 9.69 Å². The van der Waals surface area contributed by atoms with Crippen LogP contribution in [-0.4, -0.2) is 47.3 Å². The number of likely N-dealkylation sites (tertiary alicyclic amines) is 1. The van der Waals surface area contributed by atoms with E-state index in [0.717, 1.165) is 43.5 Å². The van der Waals surface area contributed by atoms with Crippen molar-refractivity contribution < 1.29 is 14.6 Å². The summed E-state index contributed by atoms with van der Waals surface area (Å²) in [5, 5.41) is 12.9. The maximum atomic E-state index is 12.8. The van der Waals surface area contributed by atoms with Crippen LogP contribution in [0.1, 0.15) is 51.1 Å². The van der Waals surface area contributed by atoms with E-state index in [1.807, 2.05) is 38.1 Å². The third-order valence-corrected chi connectivity index (χ3v) is 5.19. The fraction of sp³-hybridized carbons (Fsp3) is 0.632. The molecule has 0 spiro atoms. The molecule has 5 nitrogen and oxygen atoms in total. The van der Waals surface area contributed by atoms with Gasteiger partial charge in [-0.05, 0) is 45.7 Å². The van der Waals surface area contributed by atoms with Gasteiger partial charge in [0.15, 0.2) is 0 Å². The molecule has 0 bridgehead atoms. The molecular formula is C19H28N2O3. The highest BCUT2D eigenvalue weighted by atomic mass is 16.5. The summed E-state index contributed by atoms with van der Waals surface area (Å²) in [5.74, 6) is 0.934. The molecule has 2 heterocycles. The topological polar surface area (TPSA) is 61.8 Å². The Labute approximate surface area is 144 Å². The van der Waals surface area contributed by atoms with Crippen molar-refractivity contribution in [2.24, 2.45) is 0 Å². The minimum atomic E-state index is -0.326. The average Bonchev–Trinajstić information content (AvgIpc) is 3.01. The quantitative estimate of drug-likeness (QED) is 0.868. The molecule has 2 N–H and O–H groups in total. The molecule has 1 aromatic rings. The lowest BCUT2D eigenvalue weighted by Crippen LogP contribution is -2.49. The van der Waals surface area contributed by atoms with Gasteiger partial charge in [0.05, 0.1) is 24.8 Å². The van der Waals surface area contributed by atoms with Crippen LogP contribution in [0.2, 0.25) is 0 Å². The third kappa shape index (κ3) is 3.73. The second kappa shape index (κ2) is 7.53. The summed E-state index contributed by atoms with van der Waals surface area (Å²) in [4.78, 5) is 15.0. The first-order valence-electron chi connectivity index (χ1n) is 9.02. The summed E-state index contributed by atoms with van der Waals surface area (Å²) in [6.45, 7) is 5.35. The molecule has 4 atom stereocenters. The van der Waals surface area contributed by atoms with E-state index in [-0.39, 0.29) is 24.1 Å². The number of para-hydroxylation sites is 1. The summed E-state index contributed by atoms with van der Waals surface area (Å²) in [6.07, 6.45) is 3.36. The molecule has 0 aromatic heterocycles. The number of rotatable bonds is 5. The van der Waals surface area contributed by atoms with Gasteiger partial charge in [0.1, 0.15) is 5.75 Å². The largest absolute Gasteiger partial charge is 0.493 e. The van der Waals surface area contributed by atoms with E-state index in [4.69, 9.17) is 4.74 Å². The lowest BCUT2D eigenvalue weighted by atomic mass is 10.00. The van der Waals surface area contributed by atoms with E-state index in [1.165, 1.54) is 0 Å². The lowest BCUT2D eigenvalue weighted by molar-refractivity contribution is -0.127. The molecule has 3 rings (SSSR count). The van der Waals surface area contributed by atoms with E-state index in [0.29, 0.717) is 12.6 Å². The molecule has 1 saturated heterocycles. The zero-order chi connectivity index (χ0) is 17.1. The van der Waals surface area contributed by atoms with Gasteiger partial charge in [-0.25, -0.2) is 0 Å². The van der Waals surface area contributed by atoms with E-state index in [1.54, 1.807) is 0 Å². The number of nitrogens with one attached hydrogen (secondary N) is 1. The average molecular weight is 332 g/mol. The first-order valence-corrected chi connectivity index (χ1v) is 9.02. The van der Waals surface area contributed by atoms with Crippen LogP contribution in [0.5, 0.6) is 5.75 Å². The zero-order valence-electron chi connectivity index (χ0n) is 14.6. The number of ether oxygens (including phenoxy) is 1. The predicted octanol–water partition coefficient (Wildman–Crippen LogP) is 2.25. The molecule has 0 saturated carbocycles. The van der Waals surface area contributed by atoms with E-state index in [2.05, 4.69) is 10.2 Å². The van der Waals surface area contributed by atoms with Crippen molar-refractivity contribution in [1.82, 2.24) is 10.2 Å². The zero-order valence-corrected chi connectivity index (χ0v) is 14.6. The summed E-state index contributed by atoms with van der Waals surface area (Å²) in [5.41, 5.74) is 1.06. The molecule has 2 aliphatic rings. The molecule has 132 valence electrons. The van der Waals surface area contributed by atoms with Gasteiger partial charge < -0.3 is 15.2 Å². The molecule has 2 aliphatic heterocycles. The van der Waals surface area contributed by atoms with Crippen molar-refractivity contribution in [3.8, 4) is 5.75 Å². The maximum Gasteiger partial charge on any atom is 0.237 e. The number of benzene rings is 1. The molecule has 1 aromatic carbocycles. The van der Waals surface area contributed by atoms with E-state index >= 15 is 0 Å². The minimum absolute atomic E-state index is 0.0164. The Bertz CT molecular complexity index is 575. The van der Waals surface area contributed by atoms with Gasteiger partial charge in [0.2, 0.25) is 5.91 Å². The number of carbonyl (C=O) groups excluding carboxylic acids is 1. The second-order valence-electron chi connectivity index (χ2n) is 7.03. The SMILES string of the molecule is C[C@H](O)C[C@@H]1CCCN1[C@H](C)C(=O)N[C@@H]1CCOc2ccccc21. The van der Waals surface area contributed by atoms with Gasteiger partial charge in [0.25, 0.3) is 0 Å². The normalized spacial score (nSPS) is 26.3. The number of hydrogen-bond acceptors (Lipinski definition) is 4. The fourth-order valence-electron chi connectivity index (χ4n) is 3.95. The highest BCUT2D eigenvalue weighted by Crippen LogP contribution is 2.32. The molecule has 1 amide bonds. The summed E-state index contributed by atoms with van der Waals surface area (Å²) in [7, 11) is 0. The van der Waals surface area contributed by atoms with E-state index in [9.17, 15) is 9.90 Å². The lowest BCUT2D eigenvalue weighted by Gasteiger charge is -2.33. The Morgan fingerprint density at radius 1 is 1.38 bits per heavy atom. The molecule has 1 fully saturated rings. The molecular weight excluding hydrogens is 304 g/mol. The molecule has 0 aliphatic carbocycles. The molecule has 0 radical (unpaired) electrons. The highest BCUT2D eigenvalue weighted by molar-refractivity contribution is 5.82. The van der Waals surface area contributed by atoms with Crippen LogP contribution >= 0.6 is 0 Å². The maximum absolute atomic E-state index is 12.8. The van der Waals surface area contributed by atoms with Crippen LogP contribution in [0, 0.1) is 0 Å². The Morgan fingerprint density at radius 3 is 2.96 bits per heavy atom. The molecule has 24 heavy (non-hydrogen) atoms. The Balaban J connectivity index is 1.65. The van der Waals surface area contributed by atoms with Gasteiger partial charge in [0, 0.05) is 18.0 Å². The standard InChI is InChI=1S/C19H28N2O3/c1-13(22)12-15-6-5-10-21(15)14(2)19(23)20-17-9-11-24-18-8-4-3-7-16(17)18/h3-4,7-8,13-15,17,22H,5-6,9-12H2,1-2H3,(H,20,23)/t13-,14+,15-,17+/m0/s1. The van der Waals surface area contributed by atoms with Crippen LogP contribution in [0.3, 0.4) is 0 Å². The van der Waals surface area contributed by atoms with Crippen molar-refractivity contribution in [3.05, 3.63) is 29.8 Å². The van der Waals surface area contributed by atoms with Crippen molar-refractivity contribution in [1.29, 1.82) is 0 Å². The van der Waals surface area contributed by atoms with Crippen LogP contribution in [0.25, 0.3) is 0 Å². The van der Waals surface area contributed by atoms with Gasteiger partial charge in [-0.1, -0.05) is 18.2 Å². The number of hydrogen-bond donors (Lipinski definition) is 2. The van der Waals surface area contributed by atoms with Crippen molar-refractivity contribution in [2.45, 2.75) is 63.8 Å². The molecule has 0 unspecified atom stereocenters. The van der Waals surface area contributed by atoms with Crippen LogP contribution in [0.15, 0.2) is 24.3 Å². The van der Waals surface area contributed by atoms with Crippen molar-refractivity contribution in [2.75, 3.05) is 13.2 Å². The highest BCUT2D eigenvalue weighted by Gasteiger charge is 2.34. The summed E-state index contributed by atoms with van der Waals surface area (Å²) < 4.78 is 5.67. The second-order valence-corrected chi connectivity index (χ2v) is 7.03. The van der Waals surface area contributed by atoms with Gasteiger partial charge in [-0.15, -0.1) is 0 Å². The fourth-order valence-corrected chi connectivity index (χ4v) is 3.95. The Kier molecular flexibility index (Phi) is 5.41. The van der Waals surface area contributed by atoms with Gasteiger partial charge in [-0.2, -0.15) is 0 Å². The van der Waals surface area contributed by atoms with Crippen molar-refractivity contribution in [3.63, 3.8) is 0 Å². The van der Waals surface area contributed by atoms with Crippen LogP contribution in [-0.2, 0) is 4.79 Å². The number of nitrogens with zero attached hydrogens (tertiary/aromatic N) is 1. The van der Waals surface area contributed by atoms with Crippen LogP contribution in [0.4, 0.5) is 0 Å². The molecule has 5 heteroatoms. The summed E-state index contributed by atoms with van der Waals surface area (Å²) >= 11 is 0. The third-order valence-electron chi connectivity index (χ3n) is 5.19. The van der Waals surface area contributed by atoms with Crippen LogP contribution < -0.4 is 10.1 Å². The Hall–Kier alpha value is -1.59. The number of fused-ring (bicyclic) bond motifs is 1.